The molecule has 0 saturated carbocycles. The molecule has 0 saturated heterocycles. The molecule has 0 fully saturated rings. The van der Waals surface area contributed by atoms with Crippen molar-refractivity contribution in [2.24, 2.45) is 5.92 Å². The van der Waals surface area contributed by atoms with Crippen molar-refractivity contribution in [2.45, 2.75) is 53.2 Å². The number of esters is 2. The number of hydrogen-bond donors (Lipinski definition) is 1. The van der Waals surface area contributed by atoms with Crippen LogP contribution in [0.1, 0.15) is 51.5 Å². The molecule has 0 radical (unpaired) electrons. The molecular formula is C18H26N2O6. The standard InChI is InChI=1S/C18H26N2O6/c1-10(2)9-11(3)25-18(23)12(4)20-17(22)15-16(26-13(5)21)14(24-6)7-8-19-15/h7-8,10-12H,9H2,1-6H3,(H,20,22)/t11-,12-/m0/s1. The molecule has 8 nitrogen and oxygen atoms in total. The maximum Gasteiger partial charge on any atom is 0.328 e. The Morgan fingerprint density at radius 1 is 1.19 bits per heavy atom. The van der Waals surface area contributed by atoms with Crippen molar-refractivity contribution in [3.63, 3.8) is 0 Å². The summed E-state index contributed by atoms with van der Waals surface area (Å²) in [6.45, 7) is 8.56. The summed E-state index contributed by atoms with van der Waals surface area (Å²) < 4.78 is 15.4. The summed E-state index contributed by atoms with van der Waals surface area (Å²) in [4.78, 5) is 39.8. The SMILES string of the molecule is COc1ccnc(C(=O)N[C@@H](C)C(=O)O[C@@H](C)CC(C)C)c1OC(C)=O. The molecule has 1 aromatic rings. The first-order valence-corrected chi connectivity index (χ1v) is 8.38. The van der Waals surface area contributed by atoms with E-state index in [1.165, 1.54) is 33.2 Å². The van der Waals surface area contributed by atoms with E-state index in [0.717, 1.165) is 6.42 Å². The minimum Gasteiger partial charge on any atom is -0.493 e. The van der Waals surface area contributed by atoms with Crippen molar-refractivity contribution < 1.29 is 28.6 Å². The number of carbonyl (C=O) groups excluding carboxylic acids is 3. The average molecular weight is 366 g/mol. The summed E-state index contributed by atoms with van der Waals surface area (Å²) >= 11 is 0. The molecule has 0 aromatic carbocycles. The molecule has 0 spiro atoms. The fraction of sp³-hybridized carbons (Fsp3) is 0.556. The molecule has 2 atom stereocenters. The minimum absolute atomic E-state index is 0.103. The number of nitrogens with one attached hydrogen (secondary N) is 1. The van der Waals surface area contributed by atoms with E-state index < -0.39 is 23.9 Å². The first-order valence-electron chi connectivity index (χ1n) is 8.38. The second-order valence-corrected chi connectivity index (χ2v) is 6.36. The Labute approximate surface area is 153 Å². The third kappa shape index (κ3) is 6.34. The van der Waals surface area contributed by atoms with Gasteiger partial charge in [0.2, 0.25) is 5.75 Å². The summed E-state index contributed by atoms with van der Waals surface area (Å²) in [5.74, 6) is -1.39. The van der Waals surface area contributed by atoms with E-state index in [1.54, 1.807) is 6.92 Å². The normalized spacial score (nSPS) is 12.9. The highest BCUT2D eigenvalue weighted by Crippen LogP contribution is 2.29. The summed E-state index contributed by atoms with van der Waals surface area (Å²) in [6.07, 6.45) is 1.81. The Balaban J connectivity index is 2.87. The minimum atomic E-state index is -0.893. The van der Waals surface area contributed by atoms with Crippen LogP contribution < -0.4 is 14.8 Å². The van der Waals surface area contributed by atoms with E-state index in [4.69, 9.17) is 14.2 Å². The van der Waals surface area contributed by atoms with Crippen LogP contribution in [0.2, 0.25) is 0 Å². The fourth-order valence-electron chi connectivity index (χ4n) is 2.33. The lowest BCUT2D eigenvalue weighted by Crippen LogP contribution is -2.41. The highest BCUT2D eigenvalue weighted by Gasteiger charge is 2.25. The number of nitrogens with zero attached hydrogens (tertiary/aromatic N) is 1. The van der Waals surface area contributed by atoms with E-state index >= 15 is 0 Å². The number of carbonyl (C=O) groups is 3. The zero-order chi connectivity index (χ0) is 19.9. The van der Waals surface area contributed by atoms with Gasteiger partial charge in [0.1, 0.15) is 6.04 Å². The third-order valence-electron chi connectivity index (χ3n) is 3.37. The molecule has 26 heavy (non-hydrogen) atoms. The Morgan fingerprint density at radius 3 is 2.38 bits per heavy atom. The zero-order valence-corrected chi connectivity index (χ0v) is 16.0. The molecule has 144 valence electrons. The Kier molecular flexibility index (Phi) is 8.02. The van der Waals surface area contributed by atoms with Crippen molar-refractivity contribution in [3.8, 4) is 11.5 Å². The molecule has 1 N–H and O–H groups in total. The lowest BCUT2D eigenvalue weighted by Gasteiger charge is -2.19. The van der Waals surface area contributed by atoms with Gasteiger partial charge in [-0.25, -0.2) is 9.78 Å². The molecule has 1 amide bonds. The van der Waals surface area contributed by atoms with Gasteiger partial charge in [-0.05, 0) is 26.2 Å². The molecule has 0 aliphatic heterocycles. The van der Waals surface area contributed by atoms with Crippen LogP contribution in [0, 0.1) is 5.92 Å². The van der Waals surface area contributed by atoms with Crippen LogP contribution in [0.3, 0.4) is 0 Å². The summed E-state index contributed by atoms with van der Waals surface area (Å²) in [5, 5.41) is 2.50. The Hall–Kier alpha value is -2.64. The first-order chi connectivity index (χ1) is 12.1. The van der Waals surface area contributed by atoms with Gasteiger partial charge < -0.3 is 19.5 Å². The molecule has 0 aliphatic rings. The number of pyridine rings is 1. The first kappa shape index (κ1) is 21.4. The molecule has 0 aliphatic carbocycles. The molecule has 0 bridgehead atoms. The van der Waals surface area contributed by atoms with Crippen LogP contribution in [0.5, 0.6) is 11.5 Å². The number of ether oxygens (including phenoxy) is 3. The van der Waals surface area contributed by atoms with Crippen molar-refractivity contribution in [3.05, 3.63) is 18.0 Å². The van der Waals surface area contributed by atoms with E-state index in [2.05, 4.69) is 10.3 Å². The summed E-state index contributed by atoms with van der Waals surface area (Å²) in [5.41, 5.74) is -0.158. The number of rotatable bonds is 8. The van der Waals surface area contributed by atoms with Gasteiger partial charge >= 0.3 is 11.9 Å². The quantitative estimate of drug-likeness (QED) is 0.703. The van der Waals surface area contributed by atoms with Crippen molar-refractivity contribution in [2.75, 3.05) is 7.11 Å². The van der Waals surface area contributed by atoms with Gasteiger partial charge in [-0.2, -0.15) is 0 Å². The second-order valence-electron chi connectivity index (χ2n) is 6.36. The molecule has 1 rings (SSSR count). The van der Waals surface area contributed by atoms with Gasteiger partial charge in [-0.3, -0.25) is 9.59 Å². The van der Waals surface area contributed by atoms with Gasteiger partial charge in [0.25, 0.3) is 5.91 Å². The number of amides is 1. The highest BCUT2D eigenvalue weighted by molar-refractivity contribution is 5.98. The lowest BCUT2D eigenvalue weighted by molar-refractivity contribution is -0.150. The van der Waals surface area contributed by atoms with Crippen molar-refractivity contribution >= 4 is 17.8 Å². The Morgan fingerprint density at radius 2 is 1.85 bits per heavy atom. The van der Waals surface area contributed by atoms with Crippen LogP contribution in [-0.2, 0) is 14.3 Å². The van der Waals surface area contributed by atoms with Crippen LogP contribution in [0.25, 0.3) is 0 Å². The van der Waals surface area contributed by atoms with E-state index in [-0.39, 0.29) is 23.3 Å². The predicted octanol–water partition coefficient (Wildman–Crippen LogP) is 2.11. The van der Waals surface area contributed by atoms with E-state index in [9.17, 15) is 14.4 Å². The molecule has 1 aromatic heterocycles. The monoisotopic (exact) mass is 366 g/mol. The van der Waals surface area contributed by atoms with Crippen LogP contribution >= 0.6 is 0 Å². The van der Waals surface area contributed by atoms with E-state index in [1.807, 2.05) is 13.8 Å². The molecule has 8 heteroatoms. The topological polar surface area (TPSA) is 104 Å². The van der Waals surface area contributed by atoms with Crippen LogP contribution in [0.4, 0.5) is 0 Å². The smallest absolute Gasteiger partial charge is 0.328 e. The van der Waals surface area contributed by atoms with E-state index in [0.29, 0.717) is 5.92 Å². The largest absolute Gasteiger partial charge is 0.493 e. The van der Waals surface area contributed by atoms with Crippen LogP contribution in [-0.4, -0.2) is 42.1 Å². The van der Waals surface area contributed by atoms with Crippen LogP contribution in [0.15, 0.2) is 12.3 Å². The molecule has 0 unspecified atom stereocenters. The Bertz CT molecular complexity index is 659. The van der Waals surface area contributed by atoms with Gasteiger partial charge in [-0.15, -0.1) is 0 Å². The van der Waals surface area contributed by atoms with Gasteiger partial charge in [0.15, 0.2) is 11.4 Å². The van der Waals surface area contributed by atoms with Gasteiger partial charge in [0.05, 0.1) is 13.2 Å². The number of methoxy groups -OCH3 is 1. The average Bonchev–Trinajstić information content (AvgIpc) is 2.53. The fourth-order valence-corrected chi connectivity index (χ4v) is 2.33. The van der Waals surface area contributed by atoms with Crippen molar-refractivity contribution in [1.29, 1.82) is 0 Å². The maximum absolute atomic E-state index is 12.5. The van der Waals surface area contributed by atoms with Crippen molar-refractivity contribution in [1.82, 2.24) is 10.3 Å². The third-order valence-corrected chi connectivity index (χ3v) is 3.37. The molecule has 1 heterocycles. The number of hydrogen-bond acceptors (Lipinski definition) is 7. The second kappa shape index (κ2) is 9.74. The van der Waals surface area contributed by atoms with Gasteiger partial charge in [-0.1, -0.05) is 13.8 Å². The maximum atomic E-state index is 12.5. The van der Waals surface area contributed by atoms with Gasteiger partial charge in [0, 0.05) is 19.2 Å². The lowest BCUT2D eigenvalue weighted by atomic mass is 10.1. The predicted molar refractivity (Wildman–Crippen MR) is 94.0 cm³/mol. The summed E-state index contributed by atoms with van der Waals surface area (Å²) in [6, 6.07) is 0.565. The molecular weight excluding hydrogens is 340 g/mol. The zero-order valence-electron chi connectivity index (χ0n) is 16.0. The summed E-state index contributed by atoms with van der Waals surface area (Å²) in [7, 11) is 1.38. The highest BCUT2D eigenvalue weighted by atomic mass is 16.6. The number of aromatic nitrogens is 1.